The zero-order valence-electron chi connectivity index (χ0n) is 14.8. The van der Waals surface area contributed by atoms with Gasteiger partial charge in [-0.3, -0.25) is 9.59 Å². The summed E-state index contributed by atoms with van der Waals surface area (Å²) in [6.45, 7) is 0.204. The Labute approximate surface area is 165 Å². The topological polar surface area (TPSA) is 77.5 Å². The Kier molecular flexibility index (Phi) is 3.91. The summed E-state index contributed by atoms with van der Waals surface area (Å²) < 4.78 is 10.8. The molecule has 1 saturated carbocycles. The molecule has 2 aliphatic rings. The van der Waals surface area contributed by atoms with Crippen molar-refractivity contribution >= 4 is 28.2 Å². The number of hydrogen-bond donors (Lipinski definition) is 1. The minimum atomic E-state index is -0.573. The van der Waals surface area contributed by atoms with Crippen molar-refractivity contribution in [2.75, 3.05) is 12.1 Å². The summed E-state index contributed by atoms with van der Waals surface area (Å²) >= 11 is 1.19. The minimum Gasteiger partial charge on any atom is -0.454 e. The molecule has 0 spiro atoms. The van der Waals surface area contributed by atoms with Crippen LogP contribution in [0.4, 0.5) is 5.13 Å². The summed E-state index contributed by atoms with van der Waals surface area (Å²) in [5.41, 5.74) is 0.936. The van der Waals surface area contributed by atoms with E-state index in [1.54, 1.807) is 12.1 Å². The van der Waals surface area contributed by atoms with Gasteiger partial charge in [-0.05, 0) is 30.5 Å². The second-order valence-corrected chi connectivity index (χ2v) is 7.86. The Morgan fingerprint density at radius 1 is 1.04 bits per heavy atom. The lowest BCUT2D eigenvalue weighted by Crippen LogP contribution is -2.27. The van der Waals surface area contributed by atoms with Crippen molar-refractivity contribution in [3.8, 4) is 11.5 Å². The molecule has 0 bridgehead atoms. The van der Waals surface area contributed by atoms with E-state index in [0.717, 1.165) is 18.4 Å². The van der Waals surface area contributed by atoms with Crippen LogP contribution in [-0.4, -0.2) is 23.5 Å². The Balaban J connectivity index is 1.34. The third-order valence-corrected chi connectivity index (χ3v) is 6.01. The third-order valence-electron chi connectivity index (χ3n) is 5.10. The first-order valence-corrected chi connectivity index (χ1v) is 9.74. The molecule has 0 saturated heterocycles. The molecule has 0 unspecified atom stereocenters. The van der Waals surface area contributed by atoms with Crippen molar-refractivity contribution in [1.29, 1.82) is 0 Å². The van der Waals surface area contributed by atoms with Gasteiger partial charge >= 0.3 is 0 Å². The van der Waals surface area contributed by atoms with Gasteiger partial charge in [0.05, 0.1) is 16.5 Å². The number of hydrogen-bond acceptors (Lipinski definition) is 6. The first-order chi connectivity index (χ1) is 13.7. The lowest BCUT2D eigenvalue weighted by atomic mass is 9.94. The van der Waals surface area contributed by atoms with Crippen LogP contribution >= 0.6 is 11.3 Å². The van der Waals surface area contributed by atoms with Crippen molar-refractivity contribution in [3.05, 3.63) is 70.7 Å². The lowest BCUT2D eigenvalue weighted by molar-refractivity contribution is -0.118. The molecule has 3 aromatic rings. The summed E-state index contributed by atoms with van der Waals surface area (Å²) in [4.78, 5) is 30.2. The number of ketones is 1. The van der Waals surface area contributed by atoms with Gasteiger partial charge in [0.25, 0.3) is 0 Å². The van der Waals surface area contributed by atoms with E-state index < -0.39 is 5.41 Å². The number of rotatable bonds is 5. The summed E-state index contributed by atoms with van der Waals surface area (Å²) in [6, 6.07) is 14.6. The summed E-state index contributed by atoms with van der Waals surface area (Å²) in [7, 11) is 0. The fourth-order valence-corrected chi connectivity index (χ4v) is 4.12. The number of anilines is 1. The van der Waals surface area contributed by atoms with Crippen molar-refractivity contribution in [2.24, 2.45) is 0 Å². The maximum absolute atomic E-state index is 12.9. The molecule has 140 valence electrons. The zero-order valence-corrected chi connectivity index (χ0v) is 15.6. The van der Waals surface area contributed by atoms with Crippen molar-refractivity contribution < 1.29 is 19.1 Å². The number of fused-ring (bicyclic) bond motifs is 1. The van der Waals surface area contributed by atoms with E-state index in [-0.39, 0.29) is 18.5 Å². The maximum Gasteiger partial charge on any atom is 0.236 e. The number of amides is 1. The summed E-state index contributed by atoms with van der Waals surface area (Å²) in [5.74, 6) is 1.15. The fraction of sp³-hybridized carbons (Fsp3) is 0.190. The van der Waals surface area contributed by atoms with Gasteiger partial charge in [0.15, 0.2) is 16.6 Å². The number of carbonyl (C=O) groups is 2. The molecule has 0 atom stereocenters. The number of nitrogens with zero attached hydrogens (tertiary/aromatic N) is 1. The first kappa shape index (κ1) is 16.9. The number of carbonyl (C=O) groups excluding carboxylic acids is 2. The van der Waals surface area contributed by atoms with Gasteiger partial charge in [-0.15, -0.1) is 0 Å². The van der Waals surface area contributed by atoms with E-state index in [0.29, 0.717) is 27.1 Å². The molecule has 0 radical (unpaired) electrons. The van der Waals surface area contributed by atoms with Crippen LogP contribution in [0, 0.1) is 0 Å². The number of benzene rings is 2. The molecule has 6 nitrogen and oxygen atoms in total. The normalized spacial score (nSPS) is 15.9. The van der Waals surface area contributed by atoms with E-state index in [9.17, 15) is 9.59 Å². The van der Waals surface area contributed by atoms with Crippen molar-refractivity contribution in [3.63, 3.8) is 0 Å². The second-order valence-electron chi connectivity index (χ2n) is 6.83. The van der Waals surface area contributed by atoms with Crippen LogP contribution in [0.3, 0.4) is 0 Å². The smallest absolute Gasteiger partial charge is 0.236 e. The molecule has 1 fully saturated rings. The average Bonchev–Trinajstić information content (AvgIpc) is 3.19. The maximum atomic E-state index is 12.9. The predicted molar refractivity (Wildman–Crippen MR) is 104 cm³/mol. The van der Waals surface area contributed by atoms with Gasteiger partial charge in [0.1, 0.15) is 0 Å². The molecule has 1 aromatic heterocycles. The van der Waals surface area contributed by atoms with Crippen molar-refractivity contribution in [2.45, 2.75) is 18.3 Å². The Morgan fingerprint density at radius 3 is 2.61 bits per heavy atom. The Morgan fingerprint density at radius 2 is 1.82 bits per heavy atom. The summed E-state index contributed by atoms with van der Waals surface area (Å²) in [5, 5.41) is 3.31. The zero-order chi connectivity index (χ0) is 19.1. The lowest BCUT2D eigenvalue weighted by Gasteiger charge is -2.15. The number of thiazole rings is 1. The van der Waals surface area contributed by atoms with Crippen LogP contribution in [0.5, 0.6) is 11.5 Å². The van der Waals surface area contributed by atoms with Gasteiger partial charge in [0.2, 0.25) is 18.5 Å². The molecule has 7 heteroatoms. The van der Waals surface area contributed by atoms with Gasteiger partial charge in [-0.2, -0.15) is 0 Å². The third kappa shape index (κ3) is 2.84. The molecule has 2 aromatic carbocycles. The first-order valence-electron chi connectivity index (χ1n) is 8.93. The molecule has 5 rings (SSSR count). The molecule has 1 N–H and O–H groups in total. The molecule has 1 amide bonds. The van der Waals surface area contributed by atoms with E-state index in [4.69, 9.17) is 9.47 Å². The predicted octanol–water partition coefficient (Wildman–Crippen LogP) is 3.77. The second kappa shape index (κ2) is 6.45. The average molecular weight is 392 g/mol. The van der Waals surface area contributed by atoms with Crippen LogP contribution < -0.4 is 14.8 Å². The molecular weight excluding hydrogens is 376 g/mol. The van der Waals surface area contributed by atoms with Gasteiger partial charge in [-0.1, -0.05) is 47.7 Å². The summed E-state index contributed by atoms with van der Waals surface area (Å²) in [6.07, 6.45) is 3.04. The van der Waals surface area contributed by atoms with Gasteiger partial charge in [-0.25, -0.2) is 4.98 Å². The number of ether oxygens (including phenoxy) is 2. The van der Waals surface area contributed by atoms with Crippen LogP contribution in [0.2, 0.25) is 0 Å². The van der Waals surface area contributed by atoms with E-state index in [1.807, 2.05) is 36.4 Å². The van der Waals surface area contributed by atoms with Gasteiger partial charge in [0, 0.05) is 5.56 Å². The molecule has 1 aliphatic heterocycles. The Bertz CT molecular complexity index is 1070. The van der Waals surface area contributed by atoms with Crippen LogP contribution in [0.25, 0.3) is 0 Å². The molecule has 28 heavy (non-hydrogen) atoms. The van der Waals surface area contributed by atoms with E-state index in [2.05, 4.69) is 10.3 Å². The van der Waals surface area contributed by atoms with Crippen LogP contribution in [0.15, 0.2) is 54.7 Å². The highest BCUT2D eigenvalue weighted by Gasteiger charge is 2.52. The van der Waals surface area contributed by atoms with Crippen molar-refractivity contribution in [1.82, 2.24) is 4.98 Å². The van der Waals surface area contributed by atoms with Gasteiger partial charge < -0.3 is 14.8 Å². The highest BCUT2D eigenvalue weighted by Crippen LogP contribution is 2.51. The quantitative estimate of drug-likeness (QED) is 0.669. The van der Waals surface area contributed by atoms with Crippen LogP contribution in [-0.2, 0) is 10.2 Å². The van der Waals surface area contributed by atoms with Crippen LogP contribution in [0.1, 0.15) is 33.6 Å². The monoisotopic (exact) mass is 392 g/mol. The standard InChI is InChI=1S/C21H16N2O4S/c24-18(13-4-2-1-3-5-13)17-11-22-20(28-17)23-19(25)21(8-9-21)14-6-7-15-16(10-14)27-12-26-15/h1-7,10-11H,8-9,12H2,(H,22,23,25). The largest absolute Gasteiger partial charge is 0.454 e. The molecule has 1 aliphatic carbocycles. The fourth-order valence-electron chi connectivity index (χ4n) is 3.35. The molecule has 2 heterocycles. The number of aromatic nitrogens is 1. The SMILES string of the molecule is O=C(c1ccccc1)c1cnc(NC(=O)C2(c3ccc4c(c3)OCO4)CC2)s1. The number of nitrogens with one attached hydrogen (secondary N) is 1. The highest BCUT2D eigenvalue weighted by atomic mass is 32.1. The van der Waals surface area contributed by atoms with E-state index in [1.165, 1.54) is 17.5 Å². The Hall–Kier alpha value is -3.19. The minimum absolute atomic E-state index is 0.101. The molecular formula is C21H16N2O4S. The van der Waals surface area contributed by atoms with E-state index >= 15 is 0 Å². The highest BCUT2D eigenvalue weighted by molar-refractivity contribution is 7.17.